The molecule has 0 saturated carbocycles. The highest BCUT2D eigenvalue weighted by Gasteiger charge is 2.18. The van der Waals surface area contributed by atoms with Gasteiger partial charge >= 0.3 is 0 Å². The van der Waals surface area contributed by atoms with Gasteiger partial charge in [0.1, 0.15) is 19.0 Å². The SMILES string of the molecule is COc1cc(/C=C/C(=O)Nc2nnc(SCc3ccc(F)cc3)s2)cc2c1OCCO2. The molecule has 4 rings (SSSR count). The van der Waals surface area contributed by atoms with E-state index >= 15 is 0 Å². The number of fused-ring (bicyclic) bond motifs is 1. The van der Waals surface area contributed by atoms with Crippen LogP contribution in [0.2, 0.25) is 0 Å². The van der Waals surface area contributed by atoms with Gasteiger partial charge in [0.25, 0.3) is 0 Å². The number of nitrogens with zero attached hydrogens (tertiary/aromatic N) is 2. The Morgan fingerprint density at radius 3 is 2.87 bits per heavy atom. The van der Waals surface area contributed by atoms with E-state index < -0.39 is 0 Å². The molecule has 7 nitrogen and oxygen atoms in total. The van der Waals surface area contributed by atoms with Gasteiger partial charge in [-0.3, -0.25) is 10.1 Å². The molecule has 1 aliphatic heterocycles. The number of carbonyl (C=O) groups excluding carboxylic acids is 1. The largest absolute Gasteiger partial charge is 0.493 e. The van der Waals surface area contributed by atoms with Gasteiger partial charge in [-0.2, -0.15) is 0 Å². The molecule has 1 amide bonds. The van der Waals surface area contributed by atoms with Crippen LogP contribution in [0.4, 0.5) is 9.52 Å². The van der Waals surface area contributed by atoms with Crippen LogP contribution in [0, 0.1) is 5.82 Å². The number of benzene rings is 2. The first-order valence-corrected chi connectivity index (χ1v) is 11.1. The number of anilines is 1. The Kier molecular flexibility index (Phi) is 6.68. The van der Waals surface area contributed by atoms with E-state index in [0.717, 1.165) is 11.1 Å². The van der Waals surface area contributed by atoms with Gasteiger partial charge in [-0.15, -0.1) is 10.2 Å². The molecule has 1 aliphatic rings. The van der Waals surface area contributed by atoms with Gasteiger partial charge in [0.15, 0.2) is 15.8 Å². The van der Waals surface area contributed by atoms with Crippen LogP contribution < -0.4 is 19.5 Å². The Bertz CT molecular complexity index is 1090. The number of methoxy groups -OCH3 is 1. The molecule has 1 aromatic heterocycles. The predicted molar refractivity (Wildman–Crippen MR) is 118 cm³/mol. The number of rotatable bonds is 7. The van der Waals surface area contributed by atoms with Crippen LogP contribution in [0.25, 0.3) is 6.08 Å². The topological polar surface area (TPSA) is 82.6 Å². The maximum absolute atomic E-state index is 13.0. The third-order valence-electron chi connectivity index (χ3n) is 4.19. The summed E-state index contributed by atoms with van der Waals surface area (Å²) in [7, 11) is 1.55. The van der Waals surface area contributed by atoms with E-state index in [1.165, 1.54) is 41.3 Å². The lowest BCUT2D eigenvalue weighted by molar-refractivity contribution is -0.111. The van der Waals surface area contributed by atoms with Gasteiger partial charge < -0.3 is 14.2 Å². The van der Waals surface area contributed by atoms with Crippen molar-refractivity contribution in [1.82, 2.24) is 10.2 Å². The number of nitrogens with one attached hydrogen (secondary N) is 1. The van der Waals surface area contributed by atoms with Crippen molar-refractivity contribution in [3.8, 4) is 17.2 Å². The lowest BCUT2D eigenvalue weighted by Crippen LogP contribution is -2.16. The average molecular weight is 460 g/mol. The molecule has 31 heavy (non-hydrogen) atoms. The minimum absolute atomic E-state index is 0.266. The second-order valence-corrected chi connectivity index (χ2v) is 8.56. The fraction of sp³-hybridized carbons (Fsp3) is 0.190. The Morgan fingerprint density at radius 1 is 1.26 bits per heavy atom. The molecule has 0 unspecified atom stereocenters. The van der Waals surface area contributed by atoms with E-state index in [9.17, 15) is 9.18 Å². The van der Waals surface area contributed by atoms with Crippen molar-refractivity contribution in [2.45, 2.75) is 10.1 Å². The van der Waals surface area contributed by atoms with E-state index in [1.807, 2.05) is 0 Å². The molecule has 160 valence electrons. The van der Waals surface area contributed by atoms with Crippen molar-refractivity contribution >= 4 is 40.2 Å². The van der Waals surface area contributed by atoms with Gasteiger partial charge in [0, 0.05) is 11.8 Å². The van der Waals surface area contributed by atoms with Crippen molar-refractivity contribution in [3.63, 3.8) is 0 Å². The lowest BCUT2D eigenvalue weighted by atomic mass is 10.1. The zero-order valence-electron chi connectivity index (χ0n) is 16.5. The van der Waals surface area contributed by atoms with E-state index in [4.69, 9.17) is 14.2 Å². The Balaban J connectivity index is 1.35. The van der Waals surface area contributed by atoms with Crippen LogP contribution >= 0.6 is 23.1 Å². The molecule has 0 radical (unpaired) electrons. The molecule has 10 heteroatoms. The van der Waals surface area contributed by atoms with Crippen molar-refractivity contribution < 1.29 is 23.4 Å². The highest BCUT2D eigenvalue weighted by atomic mass is 32.2. The molecule has 1 N–H and O–H groups in total. The van der Waals surface area contributed by atoms with Crippen molar-refractivity contribution in [1.29, 1.82) is 0 Å². The minimum atomic E-state index is -0.333. The number of halogens is 1. The summed E-state index contributed by atoms with van der Waals surface area (Å²) < 4.78 is 30.2. The summed E-state index contributed by atoms with van der Waals surface area (Å²) in [5.41, 5.74) is 1.72. The number of amides is 1. The van der Waals surface area contributed by atoms with Crippen LogP contribution in [0.3, 0.4) is 0 Å². The first kappa shape index (κ1) is 21.1. The quantitative estimate of drug-likeness (QED) is 0.319. The number of thioether (sulfide) groups is 1. The molecule has 0 spiro atoms. The van der Waals surface area contributed by atoms with Crippen LogP contribution in [0.5, 0.6) is 17.2 Å². The zero-order chi connectivity index (χ0) is 21.6. The summed E-state index contributed by atoms with van der Waals surface area (Å²) in [5.74, 6) is 1.73. The van der Waals surface area contributed by atoms with Gasteiger partial charge in [-0.05, 0) is 41.5 Å². The first-order chi connectivity index (χ1) is 15.1. The Labute approximate surface area is 186 Å². The van der Waals surface area contributed by atoms with E-state index in [-0.39, 0.29) is 11.7 Å². The summed E-state index contributed by atoms with van der Waals surface area (Å²) in [6.45, 7) is 0.926. The molecule has 0 aliphatic carbocycles. The number of hydrogen-bond donors (Lipinski definition) is 1. The summed E-state index contributed by atoms with van der Waals surface area (Å²) in [5, 5.41) is 11.1. The van der Waals surface area contributed by atoms with Gasteiger partial charge in [0.2, 0.25) is 16.8 Å². The molecule has 0 fully saturated rings. The second-order valence-electron chi connectivity index (χ2n) is 6.36. The monoisotopic (exact) mass is 459 g/mol. The summed E-state index contributed by atoms with van der Waals surface area (Å²) >= 11 is 2.74. The van der Waals surface area contributed by atoms with Crippen LogP contribution in [-0.2, 0) is 10.5 Å². The van der Waals surface area contributed by atoms with Crippen molar-refractivity contribution in [2.24, 2.45) is 0 Å². The number of aromatic nitrogens is 2. The van der Waals surface area contributed by atoms with Crippen molar-refractivity contribution in [3.05, 3.63) is 59.4 Å². The molecular formula is C21H18FN3O4S2. The molecule has 3 aromatic rings. The third kappa shape index (κ3) is 5.53. The summed E-state index contributed by atoms with van der Waals surface area (Å²) in [6.07, 6.45) is 3.05. The maximum Gasteiger partial charge on any atom is 0.250 e. The van der Waals surface area contributed by atoms with Crippen LogP contribution in [0.1, 0.15) is 11.1 Å². The highest BCUT2D eigenvalue weighted by Crippen LogP contribution is 2.40. The number of ether oxygens (including phenoxy) is 3. The fourth-order valence-corrected chi connectivity index (χ4v) is 4.46. The average Bonchev–Trinajstić information content (AvgIpc) is 3.24. The van der Waals surface area contributed by atoms with Gasteiger partial charge in [-0.25, -0.2) is 4.39 Å². The van der Waals surface area contributed by atoms with Gasteiger partial charge in [-0.1, -0.05) is 35.2 Å². The van der Waals surface area contributed by atoms with Crippen LogP contribution in [0.15, 0.2) is 46.8 Å². The molecule has 0 atom stereocenters. The Morgan fingerprint density at radius 2 is 2.06 bits per heavy atom. The molecule has 0 bridgehead atoms. The smallest absolute Gasteiger partial charge is 0.250 e. The third-order valence-corrected chi connectivity index (χ3v) is 6.23. The van der Waals surface area contributed by atoms with E-state index in [2.05, 4.69) is 15.5 Å². The van der Waals surface area contributed by atoms with Gasteiger partial charge in [0.05, 0.1) is 7.11 Å². The summed E-state index contributed by atoms with van der Waals surface area (Å²) in [6, 6.07) is 9.85. The molecule has 2 aromatic carbocycles. The summed E-state index contributed by atoms with van der Waals surface area (Å²) in [4.78, 5) is 12.3. The predicted octanol–water partition coefficient (Wildman–Crippen LogP) is 4.40. The van der Waals surface area contributed by atoms with Crippen molar-refractivity contribution in [2.75, 3.05) is 25.6 Å². The maximum atomic E-state index is 13.0. The number of carbonyl (C=O) groups is 1. The molecule has 2 heterocycles. The second kappa shape index (κ2) is 9.80. The fourth-order valence-electron chi connectivity index (χ4n) is 2.75. The van der Waals surface area contributed by atoms with E-state index in [0.29, 0.717) is 45.7 Å². The normalized spacial score (nSPS) is 12.7. The minimum Gasteiger partial charge on any atom is -0.493 e. The molecule has 0 saturated heterocycles. The zero-order valence-corrected chi connectivity index (χ0v) is 18.1. The highest BCUT2D eigenvalue weighted by molar-refractivity contribution is 8.00. The number of hydrogen-bond acceptors (Lipinski definition) is 8. The standard InChI is InChI=1S/C21H18FN3O4S2/c1-27-16-10-14(11-17-19(16)29-9-8-28-17)4-7-18(26)23-20-24-25-21(31-20)30-12-13-2-5-15(22)6-3-13/h2-7,10-11H,8-9,12H2,1H3,(H,23,24,26)/b7-4+. The molecular weight excluding hydrogens is 441 g/mol. The van der Waals surface area contributed by atoms with Crippen LogP contribution in [-0.4, -0.2) is 36.4 Å². The Hall–Kier alpha value is -3.11. The lowest BCUT2D eigenvalue weighted by Gasteiger charge is -2.20. The first-order valence-electron chi connectivity index (χ1n) is 9.28. The van der Waals surface area contributed by atoms with E-state index in [1.54, 1.807) is 37.5 Å².